The van der Waals surface area contributed by atoms with E-state index in [4.69, 9.17) is 4.74 Å². The second-order valence-electron chi connectivity index (χ2n) is 6.43. The summed E-state index contributed by atoms with van der Waals surface area (Å²) in [6.45, 7) is 1.33. The van der Waals surface area contributed by atoms with E-state index in [2.05, 4.69) is 29.2 Å². The van der Waals surface area contributed by atoms with Crippen LogP contribution >= 0.6 is 0 Å². The van der Waals surface area contributed by atoms with Crippen LogP contribution in [0.3, 0.4) is 0 Å². The lowest BCUT2D eigenvalue weighted by Crippen LogP contribution is -2.50. The smallest absolute Gasteiger partial charge is 0.254 e. The zero-order valence-electron chi connectivity index (χ0n) is 14.7. The van der Waals surface area contributed by atoms with Crippen LogP contribution in [-0.2, 0) is 4.74 Å². The fraction of sp³-hybridized carbons (Fsp3) is 0.350. The maximum Gasteiger partial charge on any atom is 0.254 e. The van der Waals surface area contributed by atoms with Crippen molar-refractivity contribution in [2.75, 3.05) is 45.4 Å². The third kappa shape index (κ3) is 3.83. The highest BCUT2D eigenvalue weighted by atomic mass is 16.5. The second-order valence-corrected chi connectivity index (χ2v) is 6.43. The first-order valence-electron chi connectivity index (χ1n) is 8.47. The Balaban J connectivity index is 1.76. The second kappa shape index (κ2) is 7.68. The number of rotatable bonds is 4. The summed E-state index contributed by atoms with van der Waals surface area (Å²) in [6, 6.07) is 15.7. The van der Waals surface area contributed by atoms with Gasteiger partial charge in [0.25, 0.3) is 5.91 Å². The van der Waals surface area contributed by atoms with Crippen LogP contribution in [0.15, 0.2) is 48.5 Å². The van der Waals surface area contributed by atoms with E-state index in [1.807, 2.05) is 38.4 Å². The van der Waals surface area contributed by atoms with Crippen molar-refractivity contribution in [3.63, 3.8) is 0 Å². The third-order valence-electron chi connectivity index (χ3n) is 4.55. The summed E-state index contributed by atoms with van der Waals surface area (Å²) in [5.74, 6) is -0.0585. The van der Waals surface area contributed by atoms with Gasteiger partial charge >= 0.3 is 0 Å². The van der Waals surface area contributed by atoms with Crippen molar-refractivity contribution >= 4 is 11.6 Å². The Hall–Kier alpha value is -2.37. The number of nitrogens with zero attached hydrogens (tertiary/aromatic N) is 2. The molecule has 5 heteroatoms. The molecule has 1 aliphatic rings. The van der Waals surface area contributed by atoms with Gasteiger partial charge in [-0.2, -0.15) is 0 Å². The van der Waals surface area contributed by atoms with Crippen molar-refractivity contribution in [1.29, 1.82) is 0 Å². The molecule has 132 valence electrons. The van der Waals surface area contributed by atoms with Gasteiger partial charge < -0.3 is 19.6 Å². The number of carbonyl (C=O) groups is 1. The normalized spacial score (nSPS) is 17.4. The molecule has 2 aromatic rings. The molecule has 2 aromatic carbocycles. The number of morpholine rings is 1. The quantitative estimate of drug-likeness (QED) is 0.928. The molecule has 0 aliphatic carbocycles. The Kier molecular flexibility index (Phi) is 5.36. The topological polar surface area (TPSA) is 53.0 Å². The van der Waals surface area contributed by atoms with Crippen molar-refractivity contribution in [3.05, 3.63) is 54.1 Å². The average molecular weight is 340 g/mol. The third-order valence-corrected chi connectivity index (χ3v) is 4.55. The van der Waals surface area contributed by atoms with Crippen molar-refractivity contribution in [2.45, 2.75) is 6.04 Å². The molecule has 1 heterocycles. The van der Waals surface area contributed by atoms with Crippen LogP contribution in [0, 0.1) is 0 Å². The maximum absolute atomic E-state index is 12.7. The highest BCUT2D eigenvalue weighted by Gasteiger charge is 2.27. The Morgan fingerprint density at radius 2 is 1.72 bits per heavy atom. The van der Waals surface area contributed by atoms with Crippen molar-refractivity contribution in [2.24, 2.45) is 0 Å². The monoisotopic (exact) mass is 340 g/mol. The van der Waals surface area contributed by atoms with E-state index >= 15 is 0 Å². The number of benzene rings is 2. The SMILES string of the molecule is CN(C)c1ccc(-c2ccc(C(=O)N3CCOCC3CO)cc2)cc1. The molecule has 1 amide bonds. The number of aliphatic hydroxyl groups is 1. The summed E-state index contributed by atoms with van der Waals surface area (Å²) in [7, 11) is 4.03. The zero-order valence-corrected chi connectivity index (χ0v) is 14.7. The van der Waals surface area contributed by atoms with E-state index in [0.717, 1.165) is 16.8 Å². The lowest BCUT2D eigenvalue weighted by atomic mass is 10.0. The number of carbonyl (C=O) groups excluding carboxylic acids is 1. The summed E-state index contributed by atoms with van der Waals surface area (Å²) in [5, 5.41) is 9.43. The van der Waals surface area contributed by atoms with E-state index in [-0.39, 0.29) is 18.6 Å². The van der Waals surface area contributed by atoms with Gasteiger partial charge in [0.05, 0.1) is 25.9 Å². The lowest BCUT2D eigenvalue weighted by Gasteiger charge is -2.34. The Morgan fingerprint density at radius 1 is 1.12 bits per heavy atom. The van der Waals surface area contributed by atoms with E-state index in [9.17, 15) is 9.90 Å². The van der Waals surface area contributed by atoms with Gasteiger partial charge in [-0.3, -0.25) is 4.79 Å². The van der Waals surface area contributed by atoms with Gasteiger partial charge in [0.2, 0.25) is 0 Å². The van der Waals surface area contributed by atoms with Crippen LogP contribution < -0.4 is 4.90 Å². The van der Waals surface area contributed by atoms with Gasteiger partial charge in [-0.1, -0.05) is 24.3 Å². The van der Waals surface area contributed by atoms with Crippen LogP contribution in [0.1, 0.15) is 10.4 Å². The molecule has 1 aliphatic heterocycles. The van der Waals surface area contributed by atoms with Crippen molar-refractivity contribution < 1.29 is 14.6 Å². The largest absolute Gasteiger partial charge is 0.394 e. The molecule has 3 rings (SSSR count). The molecular formula is C20H24N2O3. The lowest BCUT2D eigenvalue weighted by molar-refractivity contribution is -0.0183. The number of ether oxygens (including phenoxy) is 1. The molecule has 0 saturated carbocycles. The fourth-order valence-electron chi connectivity index (χ4n) is 3.00. The van der Waals surface area contributed by atoms with Crippen LogP contribution in [0.4, 0.5) is 5.69 Å². The highest BCUT2D eigenvalue weighted by molar-refractivity contribution is 5.95. The first kappa shape index (κ1) is 17.5. The summed E-state index contributed by atoms with van der Waals surface area (Å²) in [4.78, 5) is 16.4. The van der Waals surface area contributed by atoms with E-state index in [0.29, 0.717) is 25.3 Å². The summed E-state index contributed by atoms with van der Waals surface area (Å²) in [6.07, 6.45) is 0. The van der Waals surface area contributed by atoms with Gasteiger partial charge in [0.15, 0.2) is 0 Å². The van der Waals surface area contributed by atoms with E-state index < -0.39 is 0 Å². The zero-order chi connectivity index (χ0) is 17.8. The van der Waals surface area contributed by atoms with E-state index in [1.54, 1.807) is 4.90 Å². The first-order chi connectivity index (χ1) is 12.1. The molecule has 0 aromatic heterocycles. The van der Waals surface area contributed by atoms with Gasteiger partial charge in [-0.15, -0.1) is 0 Å². The minimum Gasteiger partial charge on any atom is -0.394 e. The molecule has 5 nitrogen and oxygen atoms in total. The van der Waals surface area contributed by atoms with Crippen LogP contribution in [-0.4, -0.2) is 62.4 Å². The number of aliphatic hydroxyl groups excluding tert-OH is 1. The van der Waals surface area contributed by atoms with Crippen molar-refractivity contribution in [1.82, 2.24) is 4.90 Å². The fourth-order valence-corrected chi connectivity index (χ4v) is 3.00. The predicted octanol–water partition coefficient (Wildman–Crippen LogP) is 2.25. The standard InChI is InChI=1S/C20H24N2O3/c1-21(2)18-9-7-16(8-10-18)15-3-5-17(6-4-15)20(24)22-11-12-25-14-19(22)13-23/h3-10,19,23H,11-14H2,1-2H3. The van der Waals surface area contributed by atoms with Gasteiger partial charge in [0.1, 0.15) is 0 Å². The first-order valence-corrected chi connectivity index (χ1v) is 8.47. The average Bonchev–Trinajstić information content (AvgIpc) is 2.67. The maximum atomic E-state index is 12.7. The Bertz CT molecular complexity index is 711. The molecular weight excluding hydrogens is 316 g/mol. The van der Waals surface area contributed by atoms with E-state index in [1.165, 1.54) is 0 Å². The Labute approximate surface area is 148 Å². The minimum atomic E-state index is -0.264. The minimum absolute atomic E-state index is 0.0585. The summed E-state index contributed by atoms with van der Waals surface area (Å²) >= 11 is 0. The molecule has 0 radical (unpaired) electrons. The molecule has 25 heavy (non-hydrogen) atoms. The molecule has 1 saturated heterocycles. The summed E-state index contributed by atoms with van der Waals surface area (Å²) < 4.78 is 5.34. The van der Waals surface area contributed by atoms with Crippen molar-refractivity contribution in [3.8, 4) is 11.1 Å². The molecule has 1 fully saturated rings. The number of anilines is 1. The number of hydrogen-bond donors (Lipinski definition) is 1. The van der Waals surface area contributed by atoms with Gasteiger partial charge in [-0.25, -0.2) is 0 Å². The number of amides is 1. The predicted molar refractivity (Wildman–Crippen MR) is 98.9 cm³/mol. The van der Waals surface area contributed by atoms with Crippen LogP contribution in [0.2, 0.25) is 0 Å². The molecule has 0 bridgehead atoms. The Morgan fingerprint density at radius 3 is 2.28 bits per heavy atom. The number of hydrogen-bond acceptors (Lipinski definition) is 4. The van der Waals surface area contributed by atoms with Crippen LogP contribution in [0.25, 0.3) is 11.1 Å². The van der Waals surface area contributed by atoms with Gasteiger partial charge in [-0.05, 0) is 35.4 Å². The summed E-state index contributed by atoms with van der Waals surface area (Å²) in [5.41, 5.74) is 3.97. The molecule has 1 atom stereocenters. The molecule has 0 spiro atoms. The van der Waals surface area contributed by atoms with Gasteiger partial charge in [0, 0.05) is 31.9 Å². The molecule has 1 N–H and O–H groups in total. The highest BCUT2D eigenvalue weighted by Crippen LogP contribution is 2.23. The van der Waals surface area contributed by atoms with Crippen LogP contribution in [0.5, 0.6) is 0 Å². The molecule has 1 unspecified atom stereocenters.